The van der Waals surface area contributed by atoms with Crippen LogP contribution < -0.4 is 5.73 Å². The zero-order valence-corrected chi connectivity index (χ0v) is 26.4. The van der Waals surface area contributed by atoms with Crippen LogP contribution in [0.1, 0.15) is 80.2 Å². The summed E-state index contributed by atoms with van der Waals surface area (Å²) < 4.78 is 7.57. The summed E-state index contributed by atoms with van der Waals surface area (Å²) in [6.45, 7) is 17.2. The highest BCUT2D eigenvalue weighted by Gasteiger charge is 2.32. The first-order valence-electron chi connectivity index (χ1n) is 15.4. The number of nitrogens with two attached hydrogens (primary N) is 1. The summed E-state index contributed by atoms with van der Waals surface area (Å²) in [5.74, 6) is 0.478. The average molecular weight is 580 g/mol. The molecule has 4 heterocycles. The van der Waals surface area contributed by atoms with E-state index in [1.165, 1.54) is 0 Å². The number of hydrogen-bond donors (Lipinski definition) is 2. The SMILES string of the molecule is CC.CC.CC(C)(C)OC(=O)N1CCC(N2CCC(n3cc(-c4cc(-c5ccccc5O)nnc4N)cn3)CC2)CC1. The van der Waals surface area contributed by atoms with Gasteiger partial charge in [-0.3, -0.25) is 4.68 Å². The van der Waals surface area contributed by atoms with Gasteiger partial charge in [0.25, 0.3) is 0 Å². The van der Waals surface area contributed by atoms with Gasteiger partial charge in [0, 0.05) is 55.1 Å². The number of rotatable bonds is 4. The molecule has 3 aromatic rings. The van der Waals surface area contributed by atoms with Crippen molar-refractivity contribution in [1.29, 1.82) is 0 Å². The second kappa shape index (κ2) is 15.0. The number of phenols is 1. The highest BCUT2D eigenvalue weighted by molar-refractivity contribution is 5.78. The minimum atomic E-state index is -0.463. The maximum Gasteiger partial charge on any atom is 0.410 e. The number of anilines is 1. The number of nitrogen functional groups attached to an aromatic ring is 1. The van der Waals surface area contributed by atoms with Crippen molar-refractivity contribution in [3.8, 4) is 28.1 Å². The molecule has 0 radical (unpaired) electrons. The first kappa shape index (κ1) is 32.8. The predicted molar refractivity (Wildman–Crippen MR) is 168 cm³/mol. The van der Waals surface area contributed by atoms with Crippen molar-refractivity contribution in [2.75, 3.05) is 31.9 Å². The largest absolute Gasteiger partial charge is 0.507 e. The lowest BCUT2D eigenvalue weighted by molar-refractivity contribution is 0.0119. The maximum absolute atomic E-state index is 12.4. The lowest BCUT2D eigenvalue weighted by atomic mass is 9.98. The lowest BCUT2D eigenvalue weighted by Gasteiger charge is -2.41. The molecular formula is C32H49N7O3. The third-order valence-electron chi connectivity index (χ3n) is 7.42. The molecule has 0 spiro atoms. The number of carbonyl (C=O) groups is 1. The summed E-state index contributed by atoms with van der Waals surface area (Å²) in [6, 6.07) is 9.72. The Labute approximate surface area is 250 Å². The smallest absolute Gasteiger partial charge is 0.410 e. The molecule has 0 saturated carbocycles. The molecule has 2 aliphatic rings. The van der Waals surface area contributed by atoms with Crippen LogP contribution in [0, 0.1) is 0 Å². The quantitative estimate of drug-likeness (QED) is 0.365. The number of phenolic OH excluding ortho intramolecular Hbond substituents is 1. The Hall–Kier alpha value is -3.66. The van der Waals surface area contributed by atoms with Gasteiger partial charge in [0.1, 0.15) is 11.4 Å². The predicted octanol–water partition coefficient (Wildman–Crippen LogP) is 6.38. The Morgan fingerprint density at radius 2 is 1.55 bits per heavy atom. The Kier molecular flexibility index (Phi) is 11.7. The molecule has 10 heteroatoms. The van der Waals surface area contributed by atoms with E-state index < -0.39 is 5.60 Å². The van der Waals surface area contributed by atoms with Crippen molar-refractivity contribution in [3.63, 3.8) is 0 Å². The van der Waals surface area contributed by atoms with E-state index in [4.69, 9.17) is 10.5 Å². The van der Waals surface area contributed by atoms with Crippen molar-refractivity contribution in [2.45, 2.75) is 91.8 Å². The van der Waals surface area contributed by atoms with Gasteiger partial charge in [-0.2, -0.15) is 5.10 Å². The summed E-state index contributed by atoms with van der Waals surface area (Å²) in [4.78, 5) is 16.8. The third kappa shape index (κ3) is 8.21. The van der Waals surface area contributed by atoms with Gasteiger partial charge in [-0.1, -0.05) is 39.8 Å². The van der Waals surface area contributed by atoms with E-state index in [-0.39, 0.29) is 11.8 Å². The Balaban J connectivity index is 0.00000116. The number of aromatic nitrogens is 4. The van der Waals surface area contributed by atoms with Gasteiger partial charge in [-0.15, -0.1) is 10.2 Å². The van der Waals surface area contributed by atoms with Gasteiger partial charge in [0.2, 0.25) is 0 Å². The number of piperidine rings is 2. The van der Waals surface area contributed by atoms with Crippen molar-refractivity contribution in [3.05, 3.63) is 42.7 Å². The van der Waals surface area contributed by atoms with Gasteiger partial charge in [-0.05, 0) is 64.7 Å². The van der Waals surface area contributed by atoms with Crippen LogP contribution in [-0.4, -0.2) is 78.8 Å². The fourth-order valence-corrected chi connectivity index (χ4v) is 5.39. The zero-order valence-electron chi connectivity index (χ0n) is 26.4. The minimum Gasteiger partial charge on any atom is -0.507 e. The Morgan fingerprint density at radius 3 is 2.17 bits per heavy atom. The molecule has 42 heavy (non-hydrogen) atoms. The summed E-state index contributed by atoms with van der Waals surface area (Å²) in [5, 5.41) is 23.2. The van der Waals surface area contributed by atoms with Crippen LogP contribution in [0.4, 0.5) is 10.6 Å². The number of amides is 1. The molecule has 2 saturated heterocycles. The van der Waals surface area contributed by atoms with Gasteiger partial charge in [0.05, 0.1) is 17.9 Å². The van der Waals surface area contributed by atoms with E-state index >= 15 is 0 Å². The van der Waals surface area contributed by atoms with Crippen LogP contribution in [0.2, 0.25) is 0 Å². The fraction of sp³-hybridized carbons (Fsp3) is 0.562. The van der Waals surface area contributed by atoms with Crippen molar-refractivity contribution in [1.82, 2.24) is 29.8 Å². The van der Waals surface area contributed by atoms with Crippen LogP contribution in [0.5, 0.6) is 5.75 Å². The molecule has 1 amide bonds. The number of benzene rings is 1. The Bertz CT molecular complexity index is 1270. The van der Waals surface area contributed by atoms with Crippen molar-refractivity contribution in [2.24, 2.45) is 0 Å². The van der Waals surface area contributed by atoms with Crippen molar-refractivity contribution < 1.29 is 14.6 Å². The van der Waals surface area contributed by atoms with Gasteiger partial charge < -0.3 is 25.4 Å². The summed E-state index contributed by atoms with van der Waals surface area (Å²) in [7, 11) is 0. The molecule has 0 unspecified atom stereocenters. The molecule has 10 nitrogen and oxygen atoms in total. The fourth-order valence-electron chi connectivity index (χ4n) is 5.39. The summed E-state index contributed by atoms with van der Waals surface area (Å²) >= 11 is 0. The Morgan fingerprint density at radius 1 is 0.929 bits per heavy atom. The van der Waals surface area contributed by atoms with Crippen LogP contribution in [0.3, 0.4) is 0 Å². The van der Waals surface area contributed by atoms with Crippen LogP contribution >= 0.6 is 0 Å². The minimum absolute atomic E-state index is 0.149. The maximum atomic E-state index is 12.4. The number of ether oxygens (including phenoxy) is 1. The van der Waals surface area contributed by atoms with Gasteiger partial charge in [-0.25, -0.2) is 4.79 Å². The summed E-state index contributed by atoms with van der Waals surface area (Å²) in [5.41, 5.74) is 8.51. The van der Waals surface area contributed by atoms with Crippen LogP contribution in [0.25, 0.3) is 22.4 Å². The van der Waals surface area contributed by atoms with Crippen molar-refractivity contribution >= 4 is 11.9 Å². The number of para-hydroxylation sites is 1. The van der Waals surface area contributed by atoms with Gasteiger partial charge in [0.15, 0.2) is 5.82 Å². The highest BCUT2D eigenvalue weighted by atomic mass is 16.6. The van der Waals surface area contributed by atoms with Crippen LogP contribution in [-0.2, 0) is 4.74 Å². The monoisotopic (exact) mass is 579 g/mol. The van der Waals surface area contributed by atoms with E-state index in [0.29, 0.717) is 29.2 Å². The van der Waals surface area contributed by atoms with Gasteiger partial charge >= 0.3 is 6.09 Å². The normalized spacial score (nSPS) is 16.6. The molecule has 2 fully saturated rings. The third-order valence-corrected chi connectivity index (χ3v) is 7.42. The molecule has 0 atom stereocenters. The number of aromatic hydroxyl groups is 1. The zero-order chi connectivity index (χ0) is 30.9. The lowest BCUT2D eigenvalue weighted by Crippen LogP contribution is -2.49. The number of likely N-dealkylation sites (tertiary alicyclic amines) is 2. The average Bonchev–Trinajstić information content (AvgIpc) is 3.49. The topological polar surface area (TPSA) is 123 Å². The molecule has 0 aliphatic carbocycles. The van der Waals surface area contributed by atoms with E-state index in [1.807, 2.05) is 82.6 Å². The standard InChI is InChI=1S/C28H37N7O3.2C2H6/c1-28(2,3)38-27(37)34-14-8-20(9-15-34)33-12-10-21(11-13-33)35-18-19(17-30-35)23-16-24(31-32-26(23)29)22-6-4-5-7-25(22)36;2*1-2/h4-7,16-18,20-21,36H,8-15H2,1-3H3,(H2,29,32);2*1-2H3. The van der Waals surface area contributed by atoms with E-state index in [9.17, 15) is 9.90 Å². The molecule has 1 aromatic carbocycles. The molecule has 2 aliphatic heterocycles. The second-order valence-electron chi connectivity index (χ2n) is 11.2. The van der Waals surface area contributed by atoms with E-state index in [1.54, 1.807) is 18.2 Å². The molecule has 0 bridgehead atoms. The molecule has 5 rings (SSSR count). The van der Waals surface area contributed by atoms with E-state index in [0.717, 1.165) is 63.0 Å². The summed E-state index contributed by atoms with van der Waals surface area (Å²) in [6.07, 6.45) is 7.62. The number of carbonyl (C=O) groups excluding carboxylic acids is 1. The first-order valence-corrected chi connectivity index (χ1v) is 15.4. The number of nitrogens with zero attached hydrogens (tertiary/aromatic N) is 6. The molecule has 230 valence electrons. The second-order valence-corrected chi connectivity index (χ2v) is 11.2. The van der Waals surface area contributed by atoms with E-state index in [2.05, 4.69) is 20.2 Å². The van der Waals surface area contributed by atoms with Crippen LogP contribution in [0.15, 0.2) is 42.7 Å². The first-order chi connectivity index (χ1) is 20.2. The highest BCUT2D eigenvalue weighted by Crippen LogP contribution is 2.33. The molecular weight excluding hydrogens is 530 g/mol. The number of hydrogen-bond acceptors (Lipinski definition) is 8. The molecule has 2 aromatic heterocycles. The molecule has 3 N–H and O–H groups in total.